The standard InChI is InChI=1S/C25H33N5O/c1-19-12-13-21(15-14-20-10-6-4-7-11-20)18-22(19)25(24(2)16-8-5-9-17-24)27-23(28-29-26)30(3)31-25/h4,6-7,10-13,18H,5,8-9,14-17H2,1-3H3,(H2,26,27,28). The van der Waals surface area contributed by atoms with Gasteiger partial charge in [0.25, 0.3) is 5.96 Å². The molecule has 2 aromatic rings. The number of benzene rings is 2. The van der Waals surface area contributed by atoms with E-state index in [1.807, 2.05) is 7.05 Å². The van der Waals surface area contributed by atoms with Gasteiger partial charge >= 0.3 is 0 Å². The lowest BCUT2D eigenvalue weighted by molar-refractivity contribution is -0.231. The van der Waals surface area contributed by atoms with Crippen molar-refractivity contribution in [3.63, 3.8) is 0 Å². The zero-order valence-corrected chi connectivity index (χ0v) is 18.8. The minimum atomic E-state index is -0.821. The third-order valence-corrected chi connectivity index (χ3v) is 6.94. The number of nitrogens with zero attached hydrogens (tertiary/aromatic N) is 4. The first kappa shape index (κ1) is 21.5. The second-order valence-corrected chi connectivity index (χ2v) is 9.12. The number of rotatable bonds is 5. The van der Waals surface area contributed by atoms with Crippen LogP contribution in [0, 0.1) is 12.3 Å². The summed E-state index contributed by atoms with van der Waals surface area (Å²) in [7, 11) is 1.83. The van der Waals surface area contributed by atoms with Gasteiger partial charge in [0.1, 0.15) is 0 Å². The van der Waals surface area contributed by atoms with Gasteiger partial charge in [-0.25, -0.2) is 14.9 Å². The van der Waals surface area contributed by atoms with E-state index in [4.69, 9.17) is 15.7 Å². The van der Waals surface area contributed by atoms with Crippen molar-refractivity contribution in [3.05, 3.63) is 70.8 Å². The van der Waals surface area contributed by atoms with E-state index in [0.717, 1.165) is 31.2 Å². The van der Waals surface area contributed by atoms with Crippen LogP contribution >= 0.6 is 0 Å². The topological polar surface area (TPSA) is 75.6 Å². The van der Waals surface area contributed by atoms with Crippen LogP contribution in [0.25, 0.3) is 0 Å². The van der Waals surface area contributed by atoms with Gasteiger partial charge in [0, 0.05) is 18.0 Å². The van der Waals surface area contributed by atoms with E-state index >= 15 is 0 Å². The Hall–Kier alpha value is -2.73. The van der Waals surface area contributed by atoms with Gasteiger partial charge in [-0.2, -0.15) is 0 Å². The molecule has 2 aliphatic rings. The van der Waals surface area contributed by atoms with Crippen LogP contribution < -0.4 is 5.84 Å². The predicted octanol–water partition coefficient (Wildman–Crippen LogP) is 5.46. The normalized spacial score (nSPS) is 23.3. The number of hydrogen-bond acceptors (Lipinski definition) is 5. The van der Waals surface area contributed by atoms with Crippen LogP contribution in [-0.2, 0) is 23.4 Å². The van der Waals surface area contributed by atoms with Crippen LogP contribution in [0.4, 0.5) is 0 Å². The van der Waals surface area contributed by atoms with Gasteiger partial charge in [0.15, 0.2) is 0 Å². The van der Waals surface area contributed by atoms with E-state index < -0.39 is 5.72 Å². The van der Waals surface area contributed by atoms with E-state index in [1.54, 1.807) is 5.06 Å². The number of aliphatic imine (C=N–C) groups is 1. The first-order valence-corrected chi connectivity index (χ1v) is 11.2. The summed E-state index contributed by atoms with van der Waals surface area (Å²) in [6.07, 6.45) is 7.72. The number of guanidine groups is 1. The molecule has 2 aromatic carbocycles. The first-order valence-electron chi connectivity index (χ1n) is 11.2. The Labute approximate surface area is 185 Å². The summed E-state index contributed by atoms with van der Waals surface area (Å²) < 4.78 is 0. The molecule has 0 saturated heterocycles. The van der Waals surface area contributed by atoms with E-state index in [9.17, 15) is 0 Å². The summed E-state index contributed by atoms with van der Waals surface area (Å²) in [6.45, 7) is 4.45. The van der Waals surface area contributed by atoms with Gasteiger partial charge in [-0.15, -0.1) is 0 Å². The minimum Gasteiger partial charge on any atom is -0.304 e. The predicted molar refractivity (Wildman–Crippen MR) is 123 cm³/mol. The first-order chi connectivity index (χ1) is 15.0. The molecule has 1 saturated carbocycles. The maximum Gasteiger partial charge on any atom is 0.269 e. The Morgan fingerprint density at radius 2 is 1.74 bits per heavy atom. The highest BCUT2D eigenvalue weighted by molar-refractivity contribution is 5.81. The van der Waals surface area contributed by atoms with Crippen LogP contribution in [0.3, 0.4) is 0 Å². The number of aryl methyl sites for hydroxylation is 3. The molecule has 6 heteroatoms. The van der Waals surface area contributed by atoms with Gasteiger partial charge in [-0.3, -0.25) is 0 Å². The molecule has 1 fully saturated rings. The quantitative estimate of drug-likeness (QED) is 0.397. The van der Waals surface area contributed by atoms with E-state index in [1.165, 1.54) is 36.0 Å². The lowest BCUT2D eigenvalue weighted by atomic mass is 9.65. The molecule has 1 heterocycles. The van der Waals surface area contributed by atoms with Gasteiger partial charge in [0.05, 0.1) is 0 Å². The van der Waals surface area contributed by atoms with Crippen LogP contribution in [0.5, 0.6) is 0 Å². The summed E-state index contributed by atoms with van der Waals surface area (Å²) >= 11 is 0. The Kier molecular flexibility index (Phi) is 6.10. The Morgan fingerprint density at radius 1 is 1.03 bits per heavy atom. The Balaban J connectivity index is 1.75. The summed E-state index contributed by atoms with van der Waals surface area (Å²) in [6, 6.07) is 17.3. The van der Waals surface area contributed by atoms with Gasteiger partial charge in [-0.05, 0) is 49.3 Å². The maximum atomic E-state index is 6.56. The largest absolute Gasteiger partial charge is 0.304 e. The van der Waals surface area contributed by atoms with Crippen molar-refractivity contribution in [3.8, 4) is 0 Å². The van der Waals surface area contributed by atoms with E-state index in [2.05, 4.69) is 72.7 Å². The van der Waals surface area contributed by atoms with Crippen molar-refractivity contribution in [2.45, 2.75) is 64.5 Å². The monoisotopic (exact) mass is 419 g/mol. The molecule has 4 rings (SSSR count). The van der Waals surface area contributed by atoms with Crippen molar-refractivity contribution < 1.29 is 4.84 Å². The van der Waals surface area contributed by atoms with Crippen molar-refractivity contribution >= 4 is 5.96 Å². The van der Waals surface area contributed by atoms with Crippen LogP contribution in [0.15, 0.2) is 63.9 Å². The summed E-state index contributed by atoms with van der Waals surface area (Å²) in [5.74, 6) is 5.77. The molecule has 0 radical (unpaired) electrons. The average Bonchev–Trinajstić information content (AvgIpc) is 3.12. The fraction of sp³-hybridized carbons (Fsp3) is 0.480. The van der Waals surface area contributed by atoms with E-state index in [0.29, 0.717) is 5.96 Å². The van der Waals surface area contributed by atoms with Gasteiger partial charge in [-0.1, -0.05) is 85.1 Å². The lowest BCUT2D eigenvalue weighted by Gasteiger charge is -2.46. The molecule has 31 heavy (non-hydrogen) atoms. The van der Waals surface area contributed by atoms with Crippen LogP contribution in [0.1, 0.15) is 61.3 Å². The second kappa shape index (κ2) is 8.79. The minimum absolute atomic E-state index is 0.131. The molecule has 0 spiro atoms. The summed E-state index contributed by atoms with van der Waals surface area (Å²) in [5, 5.41) is 9.12. The smallest absolute Gasteiger partial charge is 0.269 e. The van der Waals surface area contributed by atoms with Crippen molar-refractivity contribution in [1.82, 2.24) is 5.06 Å². The van der Waals surface area contributed by atoms with Crippen molar-refractivity contribution in [1.29, 1.82) is 0 Å². The average molecular weight is 420 g/mol. The molecule has 0 bridgehead atoms. The maximum absolute atomic E-state index is 6.56. The Bertz CT molecular complexity index is 965. The van der Waals surface area contributed by atoms with Crippen molar-refractivity contribution in [2.75, 3.05) is 7.05 Å². The zero-order valence-electron chi connectivity index (χ0n) is 18.8. The molecule has 1 atom stereocenters. The highest BCUT2D eigenvalue weighted by Crippen LogP contribution is 2.55. The molecular formula is C25H33N5O. The SMILES string of the molecule is Cc1ccc(CCc2ccccc2)cc1C1(C2(C)CCCCC2)N=C(N=NN)N(C)O1. The molecule has 0 aromatic heterocycles. The number of nitrogens with two attached hydrogens (primary N) is 1. The van der Waals surface area contributed by atoms with E-state index in [-0.39, 0.29) is 5.41 Å². The third kappa shape index (κ3) is 4.09. The molecule has 1 aliphatic carbocycles. The molecule has 1 aliphatic heterocycles. The van der Waals surface area contributed by atoms with Gasteiger partial charge in [0.2, 0.25) is 5.72 Å². The van der Waals surface area contributed by atoms with Crippen LogP contribution in [-0.4, -0.2) is 18.1 Å². The molecule has 2 N–H and O–H groups in total. The third-order valence-electron chi connectivity index (χ3n) is 6.94. The fourth-order valence-electron chi connectivity index (χ4n) is 5.08. The molecular weight excluding hydrogens is 386 g/mol. The Morgan fingerprint density at radius 3 is 2.45 bits per heavy atom. The highest BCUT2D eigenvalue weighted by atomic mass is 16.7. The summed E-state index contributed by atoms with van der Waals surface area (Å²) in [5.41, 5.74) is 3.99. The molecule has 164 valence electrons. The highest BCUT2D eigenvalue weighted by Gasteiger charge is 2.56. The molecule has 0 amide bonds. The van der Waals surface area contributed by atoms with Crippen LogP contribution in [0.2, 0.25) is 0 Å². The molecule has 1 unspecified atom stereocenters. The fourth-order valence-corrected chi connectivity index (χ4v) is 5.08. The lowest BCUT2D eigenvalue weighted by Crippen LogP contribution is -2.46. The van der Waals surface area contributed by atoms with Crippen molar-refractivity contribution in [2.24, 2.45) is 26.6 Å². The zero-order chi connectivity index (χ0) is 21.9. The second-order valence-electron chi connectivity index (χ2n) is 9.12. The van der Waals surface area contributed by atoms with Gasteiger partial charge < -0.3 is 5.84 Å². The number of hydrogen-bond donors (Lipinski definition) is 1. The summed E-state index contributed by atoms with van der Waals surface area (Å²) in [4.78, 5) is 11.6. The number of hydroxylamine groups is 2. The molecule has 6 nitrogen and oxygen atoms in total.